The highest BCUT2D eigenvalue weighted by molar-refractivity contribution is 6.23. The van der Waals surface area contributed by atoms with Crippen LogP contribution in [0.1, 0.15) is 61.1 Å². The van der Waals surface area contributed by atoms with Crippen molar-refractivity contribution in [3.8, 4) is 0 Å². The second kappa shape index (κ2) is 8.07. The Kier molecular flexibility index (Phi) is 5.09. The molecule has 0 spiro atoms. The molecule has 182 valence electrons. The van der Waals surface area contributed by atoms with Gasteiger partial charge in [-0.3, -0.25) is 19.2 Å². The summed E-state index contributed by atoms with van der Waals surface area (Å²) < 4.78 is 5.55. The maximum absolute atomic E-state index is 14.3. The van der Waals surface area contributed by atoms with E-state index in [0.717, 1.165) is 24.2 Å². The van der Waals surface area contributed by atoms with Crippen LogP contribution in [0.3, 0.4) is 0 Å². The fourth-order valence-corrected chi connectivity index (χ4v) is 7.48. The minimum atomic E-state index is -0.885. The van der Waals surface area contributed by atoms with Gasteiger partial charge in [-0.25, -0.2) is 4.90 Å². The Balaban J connectivity index is 1.31. The Labute approximate surface area is 203 Å². The van der Waals surface area contributed by atoms with E-state index >= 15 is 0 Å². The van der Waals surface area contributed by atoms with Gasteiger partial charge in [0.05, 0.1) is 30.3 Å². The summed E-state index contributed by atoms with van der Waals surface area (Å²) >= 11 is 0. The lowest BCUT2D eigenvalue weighted by Gasteiger charge is -2.56. The molecule has 1 aromatic heterocycles. The van der Waals surface area contributed by atoms with Crippen molar-refractivity contribution in [3.63, 3.8) is 0 Å². The molecule has 1 unspecified atom stereocenters. The highest BCUT2D eigenvalue weighted by atomic mass is 16.3. The molecule has 8 nitrogen and oxygen atoms in total. The molecule has 7 rings (SSSR count). The van der Waals surface area contributed by atoms with E-state index < -0.39 is 23.3 Å². The first kappa shape index (κ1) is 22.1. The molecule has 5 fully saturated rings. The Morgan fingerprint density at radius 2 is 1.63 bits per heavy atom. The Morgan fingerprint density at radius 1 is 1.00 bits per heavy atom. The van der Waals surface area contributed by atoms with E-state index in [0.29, 0.717) is 34.8 Å². The average molecular weight is 476 g/mol. The fourth-order valence-electron chi connectivity index (χ4n) is 7.48. The molecular formula is C27H29N3O5. The summed E-state index contributed by atoms with van der Waals surface area (Å²) in [6.45, 7) is 0.158. The van der Waals surface area contributed by atoms with Gasteiger partial charge in [0.15, 0.2) is 0 Å². The predicted molar refractivity (Wildman–Crippen MR) is 126 cm³/mol. The average Bonchev–Trinajstić information content (AvgIpc) is 3.43. The minimum absolute atomic E-state index is 0.00919. The van der Waals surface area contributed by atoms with Gasteiger partial charge < -0.3 is 15.1 Å². The molecule has 2 aromatic rings. The van der Waals surface area contributed by atoms with Crippen molar-refractivity contribution in [1.82, 2.24) is 4.90 Å². The molecule has 1 aromatic carbocycles. The maximum Gasteiger partial charge on any atom is 0.257 e. The Hall–Kier alpha value is -3.42. The summed E-state index contributed by atoms with van der Waals surface area (Å²) in [6.07, 6.45) is 7.73. The van der Waals surface area contributed by atoms with Gasteiger partial charge in [-0.15, -0.1) is 0 Å². The number of amides is 4. The second-order valence-corrected chi connectivity index (χ2v) is 10.9. The number of benzene rings is 1. The number of hydrogen-bond acceptors (Lipinski definition) is 5. The molecule has 5 aliphatic rings. The van der Waals surface area contributed by atoms with Crippen LogP contribution >= 0.6 is 0 Å². The molecule has 4 bridgehead atoms. The van der Waals surface area contributed by atoms with Gasteiger partial charge in [0.25, 0.3) is 5.91 Å². The van der Waals surface area contributed by atoms with Crippen LogP contribution < -0.4 is 10.6 Å². The van der Waals surface area contributed by atoms with E-state index in [-0.39, 0.29) is 24.8 Å². The third kappa shape index (κ3) is 3.66. The van der Waals surface area contributed by atoms with Gasteiger partial charge >= 0.3 is 0 Å². The lowest BCUT2D eigenvalue weighted by Crippen LogP contribution is -2.57. The Morgan fingerprint density at radius 3 is 2.17 bits per heavy atom. The number of carbonyl (C=O) groups is 4. The van der Waals surface area contributed by atoms with E-state index in [2.05, 4.69) is 0 Å². The van der Waals surface area contributed by atoms with Crippen molar-refractivity contribution in [3.05, 3.63) is 54.0 Å². The van der Waals surface area contributed by atoms with Gasteiger partial charge in [-0.1, -0.05) is 0 Å². The molecular weight excluding hydrogens is 446 g/mol. The van der Waals surface area contributed by atoms with Crippen molar-refractivity contribution in [2.45, 2.75) is 57.5 Å². The first-order valence-electron chi connectivity index (χ1n) is 12.4. The van der Waals surface area contributed by atoms with Crippen LogP contribution in [0.2, 0.25) is 0 Å². The highest BCUT2D eigenvalue weighted by Gasteiger charge is 2.57. The van der Waals surface area contributed by atoms with Crippen molar-refractivity contribution in [2.75, 3.05) is 4.90 Å². The monoisotopic (exact) mass is 475 g/mol. The number of anilines is 1. The number of hydrogen-bond donors (Lipinski definition) is 1. The van der Waals surface area contributed by atoms with Crippen LogP contribution in [0.15, 0.2) is 47.1 Å². The molecule has 1 saturated heterocycles. The molecule has 1 atom stereocenters. The summed E-state index contributed by atoms with van der Waals surface area (Å²) in [7, 11) is 0. The molecule has 4 aliphatic carbocycles. The van der Waals surface area contributed by atoms with Crippen molar-refractivity contribution in [2.24, 2.45) is 28.9 Å². The van der Waals surface area contributed by atoms with E-state index in [1.165, 1.54) is 43.5 Å². The number of nitrogens with zero attached hydrogens (tertiary/aromatic N) is 2. The SMILES string of the molecule is NC(=O)c1ccc(N2C(=O)CC(N(Cc3ccco3)C(=O)C34CC5CC(CC(C5)C3)C4)C2=O)cc1. The highest BCUT2D eigenvalue weighted by Crippen LogP contribution is 2.60. The molecule has 35 heavy (non-hydrogen) atoms. The standard InChI is InChI=1S/C27H29N3O5/c28-24(32)19-3-5-20(6-4-19)30-23(31)11-22(25(30)33)29(15-21-2-1-7-35-21)26(34)27-12-16-8-17(13-27)10-18(9-16)14-27/h1-7,16-18,22H,8-15H2,(H2,28,32). The van der Waals surface area contributed by atoms with Crippen molar-refractivity contribution >= 4 is 29.3 Å². The van der Waals surface area contributed by atoms with Crippen LogP contribution in [0, 0.1) is 23.2 Å². The van der Waals surface area contributed by atoms with Crippen LogP contribution in [0.5, 0.6) is 0 Å². The first-order valence-corrected chi connectivity index (χ1v) is 12.4. The van der Waals surface area contributed by atoms with Crippen molar-refractivity contribution < 1.29 is 23.6 Å². The zero-order valence-corrected chi connectivity index (χ0v) is 19.5. The second-order valence-electron chi connectivity index (χ2n) is 10.9. The van der Waals surface area contributed by atoms with Gasteiger partial charge in [0.2, 0.25) is 17.7 Å². The van der Waals surface area contributed by atoms with E-state index in [1.807, 2.05) is 0 Å². The summed E-state index contributed by atoms with van der Waals surface area (Å²) in [4.78, 5) is 55.1. The van der Waals surface area contributed by atoms with Gasteiger partial charge in [0.1, 0.15) is 11.8 Å². The molecule has 0 radical (unpaired) electrons. The third-order valence-corrected chi connectivity index (χ3v) is 8.57. The lowest BCUT2D eigenvalue weighted by molar-refractivity contribution is -0.162. The minimum Gasteiger partial charge on any atom is -0.467 e. The number of furan rings is 1. The maximum atomic E-state index is 14.3. The molecule has 4 amide bonds. The Bertz CT molecular complexity index is 1150. The van der Waals surface area contributed by atoms with Crippen LogP contribution in [-0.4, -0.2) is 34.6 Å². The van der Waals surface area contributed by atoms with Crippen LogP contribution in [-0.2, 0) is 20.9 Å². The zero-order chi connectivity index (χ0) is 24.3. The quantitative estimate of drug-likeness (QED) is 0.644. The van der Waals surface area contributed by atoms with Crippen LogP contribution in [0.25, 0.3) is 0 Å². The summed E-state index contributed by atoms with van der Waals surface area (Å²) in [5, 5.41) is 0. The first-order chi connectivity index (χ1) is 16.8. The molecule has 1 aliphatic heterocycles. The largest absolute Gasteiger partial charge is 0.467 e. The fraction of sp³-hybridized carbons (Fsp3) is 0.481. The topological polar surface area (TPSA) is 114 Å². The summed E-state index contributed by atoms with van der Waals surface area (Å²) in [5.41, 5.74) is 5.53. The van der Waals surface area contributed by atoms with Gasteiger partial charge in [-0.05, 0) is 92.7 Å². The smallest absolute Gasteiger partial charge is 0.257 e. The number of rotatable bonds is 6. The van der Waals surface area contributed by atoms with E-state index in [9.17, 15) is 19.2 Å². The normalized spacial score (nSPS) is 31.3. The van der Waals surface area contributed by atoms with E-state index in [4.69, 9.17) is 10.2 Å². The lowest BCUT2D eigenvalue weighted by atomic mass is 9.49. The molecule has 2 N–H and O–H groups in total. The van der Waals surface area contributed by atoms with Gasteiger partial charge in [0, 0.05) is 5.56 Å². The summed E-state index contributed by atoms with van der Waals surface area (Å²) in [6, 6.07) is 8.73. The van der Waals surface area contributed by atoms with Crippen molar-refractivity contribution in [1.29, 1.82) is 0 Å². The molecule has 2 heterocycles. The number of primary amides is 1. The van der Waals surface area contributed by atoms with Gasteiger partial charge in [-0.2, -0.15) is 0 Å². The zero-order valence-electron chi connectivity index (χ0n) is 19.5. The van der Waals surface area contributed by atoms with E-state index in [1.54, 1.807) is 23.3 Å². The number of nitrogens with two attached hydrogens (primary N) is 1. The summed E-state index contributed by atoms with van der Waals surface area (Å²) in [5.74, 6) is 0.948. The number of carbonyl (C=O) groups excluding carboxylic acids is 4. The molecule has 4 saturated carbocycles. The van der Waals surface area contributed by atoms with Crippen LogP contribution in [0.4, 0.5) is 5.69 Å². The predicted octanol–water partition coefficient (Wildman–Crippen LogP) is 3.26. The number of imide groups is 1. The third-order valence-electron chi connectivity index (χ3n) is 8.57. The molecule has 8 heteroatoms.